The molecule has 1 N–H and O–H groups in total. The van der Waals surface area contributed by atoms with Gasteiger partial charge in [-0.15, -0.1) is 0 Å². The molecule has 124 valence electrons. The minimum atomic E-state index is -0.450. The van der Waals surface area contributed by atoms with Crippen LogP contribution in [0.5, 0.6) is 0 Å². The van der Waals surface area contributed by atoms with Crippen molar-refractivity contribution in [3.63, 3.8) is 0 Å². The van der Waals surface area contributed by atoms with Gasteiger partial charge in [0, 0.05) is 25.8 Å². The third kappa shape index (κ3) is 2.65. The Morgan fingerprint density at radius 3 is 2.75 bits per heavy atom. The molecule has 8 heteroatoms. The molecule has 24 heavy (non-hydrogen) atoms. The van der Waals surface area contributed by atoms with Gasteiger partial charge in [-0.3, -0.25) is 4.68 Å². The summed E-state index contributed by atoms with van der Waals surface area (Å²) >= 11 is 5.86. The summed E-state index contributed by atoms with van der Waals surface area (Å²) in [4.78, 5) is 11.5. The van der Waals surface area contributed by atoms with Gasteiger partial charge in [-0.2, -0.15) is 15.1 Å². The molecule has 1 saturated heterocycles. The van der Waals surface area contributed by atoms with Crippen LogP contribution in [0.4, 0.5) is 21.8 Å². The fraction of sp³-hybridized carbons (Fsp3) is 0.312. The molecule has 0 spiro atoms. The maximum absolute atomic E-state index is 13.4. The van der Waals surface area contributed by atoms with Gasteiger partial charge < -0.3 is 10.2 Å². The van der Waals surface area contributed by atoms with Crippen molar-refractivity contribution in [2.75, 3.05) is 23.3 Å². The molecule has 0 saturated carbocycles. The summed E-state index contributed by atoms with van der Waals surface area (Å²) in [6.45, 7) is 1.90. The summed E-state index contributed by atoms with van der Waals surface area (Å²) in [6.07, 6.45) is 4.00. The first-order valence-corrected chi connectivity index (χ1v) is 8.16. The Kier molecular flexibility index (Phi) is 3.72. The van der Waals surface area contributed by atoms with E-state index in [1.807, 2.05) is 7.05 Å². The molecule has 0 atom stereocenters. The molecule has 1 aliphatic heterocycles. The number of hydrogen-bond donors (Lipinski definition) is 1. The van der Waals surface area contributed by atoms with E-state index in [2.05, 4.69) is 25.3 Å². The smallest absolute Gasteiger partial charge is 0.229 e. The second-order valence-corrected chi connectivity index (χ2v) is 6.23. The topological polar surface area (TPSA) is 58.9 Å². The molecule has 0 amide bonds. The first-order chi connectivity index (χ1) is 11.6. The zero-order chi connectivity index (χ0) is 16.7. The van der Waals surface area contributed by atoms with Gasteiger partial charge in [0.25, 0.3) is 0 Å². The zero-order valence-corrected chi connectivity index (χ0v) is 13.9. The van der Waals surface area contributed by atoms with E-state index < -0.39 is 5.82 Å². The van der Waals surface area contributed by atoms with E-state index in [4.69, 9.17) is 11.6 Å². The van der Waals surface area contributed by atoms with Gasteiger partial charge in [-0.1, -0.05) is 11.6 Å². The Labute approximate surface area is 143 Å². The highest BCUT2D eigenvalue weighted by molar-refractivity contribution is 6.31. The summed E-state index contributed by atoms with van der Waals surface area (Å²) in [6, 6.07) is 4.49. The summed E-state index contributed by atoms with van der Waals surface area (Å²) in [5.74, 6) is 0.867. The third-order valence-corrected chi connectivity index (χ3v) is 4.44. The van der Waals surface area contributed by atoms with Crippen molar-refractivity contribution in [2.24, 2.45) is 7.05 Å². The average Bonchev–Trinajstić information content (AvgIpc) is 3.22. The van der Waals surface area contributed by atoms with Gasteiger partial charge >= 0.3 is 0 Å². The van der Waals surface area contributed by atoms with Crippen LogP contribution in [0, 0.1) is 5.82 Å². The van der Waals surface area contributed by atoms with Crippen LogP contribution in [0.3, 0.4) is 0 Å². The maximum atomic E-state index is 13.4. The van der Waals surface area contributed by atoms with Gasteiger partial charge in [0.15, 0.2) is 5.65 Å². The molecule has 1 aromatic carbocycles. The number of nitrogens with one attached hydrogen (secondary N) is 1. The maximum Gasteiger partial charge on any atom is 0.229 e. The minimum absolute atomic E-state index is 0.0660. The van der Waals surface area contributed by atoms with Crippen LogP contribution >= 0.6 is 11.6 Å². The van der Waals surface area contributed by atoms with E-state index in [9.17, 15) is 4.39 Å². The van der Waals surface area contributed by atoms with Gasteiger partial charge in [-0.25, -0.2) is 4.39 Å². The summed E-state index contributed by atoms with van der Waals surface area (Å²) < 4.78 is 15.1. The molecule has 1 fully saturated rings. The molecule has 0 bridgehead atoms. The summed E-state index contributed by atoms with van der Waals surface area (Å²) in [5, 5.41) is 8.35. The van der Waals surface area contributed by atoms with Crippen LogP contribution in [0.1, 0.15) is 12.8 Å². The molecular formula is C16H16ClFN6. The predicted octanol–water partition coefficient (Wildman–Crippen LogP) is 3.50. The lowest BCUT2D eigenvalue weighted by molar-refractivity contribution is 0.628. The van der Waals surface area contributed by atoms with Crippen LogP contribution in [-0.4, -0.2) is 32.8 Å². The molecule has 6 nitrogen and oxygen atoms in total. The summed E-state index contributed by atoms with van der Waals surface area (Å²) in [7, 11) is 1.85. The molecule has 0 unspecified atom stereocenters. The lowest BCUT2D eigenvalue weighted by atomic mass is 10.3. The molecule has 1 aliphatic rings. The van der Waals surface area contributed by atoms with Crippen LogP contribution in [0.25, 0.3) is 11.0 Å². The Hall–Kier alpha value is -2.41. The van der Waals surface area contributed by atoms with Crippen molar-refractivity contribution in [1.82, 2.24) is 19.7 Å². The van der Waals surface area contributed by atoms with Gasteiger partial charge in [0.2, 0.25) is 5.95 Å². The Bertz CT molecular complexity index is 903. The van der Waals surface area contributed by atoms with Crippen molar-refractivity contribution >= 4 is 40.1 Å². The largest absolute Gasteiger partial charge is 0.341 e. The molecule has 4 rings (SSSR count). The Balaban J connectivity index is 1.78. The van der Waals surface area contributed by atoms with Crippen molar-refractivity contribution in [3.8, 4) is 0 Å². The molecule has 0 aliphatic carbocycles. The normalized spacial score (nSPS) is 14.5. The highest BCUT2D eigenvalue weighted by Gasteiger charge is 2.19. The number of aryl methyl sites for hydroxylation is 1. The SMILES string of the molecule is Cn1ncc2c(Nc3ccc(F)c(Cl)c3)nc(N3CCCC3)nc21. The average molecular weight is 347 g/mol. The Morgan fingerprint density at radius 1 is 1.21 bits per heavy atom. The second kappa shape index (κ2) is 5.90. The number of benzene rings is 1. The lowest BCUT2D eigenvalue weighted by Crippen LogP contribution is -2.21. The monoisotopic (exact) mass is 346 g/mol. The van der Waals surface area contributed by atoms with E-state index >= 15 is 0 Å². The Morgan fingerprint density at radius 2 is 2.00 bits per heavy atom. The summed E-state index contributed by atoms with van der Waals surface area (Å²) in [5.41, 5.74) is 1.42. The number of rotatable bonds is 3. The van der Waals surface area contributed by atoms with Crippen molar-refractivity contribution < 1.29 is 4.39 Å². The van der Waals surface area contributed by atoms with E-state index in [1.165, 1.54) is 12.1 Å². The first kappa shape index (κ1) is 15.1. The van der Waals surface area contributed by atoms with Crippen LogP contribution in [-0.2, 0) is 7.05 Å². The van der Waals surface area contributed by atoms with Gasteiger partial charge in [-0.05, 0) is 31.0 Å². The number of hydrogen-bond acceptors (Lipinski definition) is 5. The van der Waals surface area contributed by atoms with Gasteiger partial charge in [0.05, 0.1) is 16.6 Å². The molecule has 3 heterocycles. The number of nitrogens with zero attached hydrogens (tertiary/aromatic N) is 5. The molecule has 0 radical (unpaired) electrons. The fourth-order valence-electron chi connectivity index (χ4n) is 2.88. The van der Waals surface area contributed by atoms with Crippen molar-refractivity contribution in [3.05, 3.63) is 35.2 Å². The van der Waals surface area contributed by atoms with E-state index in [0.717, 1.165) is 37.0 Å². The predicted molar refractivity (Wildman–Crippen MR) is 92.4 cm³/mol. The van der Waals surface area contributed by atoms with Gasteiger partial charge in [0.1, 0.15) is 11.6 Å². The van der Waals surface area contributed by atoms with Crippen LogP contribution < -0.4 is 10.2 Å². The standard InChI is InChI=1S/C16H16ClFN6/c1-23-15-11(9-19-23)14(20-10-4-5-13(18)12(17)8-10)21-16(22-15)24-6-2-3-7-24/h4-5,8-9H,2-3,6-7H2,1H3,(H,20,21,22). The zero-order valence-electron chi connectivity index (χ0n) is 13.1. The number of fused-ring (bicyclic) bond motifs is 1. The second-order valence-electron chi connectivity index (χ2n) is 5.83. The fourth-order valence-corrected chi connectivity index (χ4v) is 3.06. The highest BCUT2D eigenvalue weighted by atomic mass is 35.5. The minimum Gasteiger partial charge on any atom is -0.341 e. The number of aromatic nitrogens is 4. The van der Waals surface area contributed by atoms with E-state index in [-0.39, 0.29) is 5.02 Å². The van der Waals surface area contributed by atoms with Crippen molar-refractivity contribution in [1.29, 1.82) is 0 Å². The first-order valence-electron chi connectivity index (χ1n) is 7.78. The lowest BCUT2D eigenvalue weighted by Gasteiger charge is -2.17. The number of anilines is 3. The van der Waals surface area contributed by atoms with E-state index in [0.29, 0.717) is 17.5 Å². The van der Waals surface area contributed by atoms with Crippen LogP contribution in [0.15, 0.2) is 24.4 Å². The van der Waals surface area contributed by atoms with E-state index in [1.54, 1.807) is 16.9 Å². The quantitative estimate of drug-likeness (QED) is 0.786. The van der Waals surface area contributed by atoms with Crippen LogP contribution in [0.2, 0.25) is 5.02 Å². The van der Waals surface area contributed by atoms with Crippen molar-refractivity contribution in [2.45, 2.75) is 12.8 Å². The highest BCUT2D eigenvalue weighted by Crippen LogP contribution is 2.28. The third-order valence-electron chi connectivity index (χ3n) is 4.15. The molecule has 2 aromatic heterocycles. The molecular weight excluding hydrogens is 331 g/mol. The number of halogens is 2. The molecule has 3 aromatic rings.